The number of nitrogens with zero attached hydrogens (tertiary/aromatic N) is 3. The largest absolute Gasteiger partial charge is 0.325 e. The number of carbonyl (C=O) groups excluding carboxylic acids is 1. The zero-order valence-electron chi connectivity index (χ0n) is 17.5. The minimum absolute atomic E-state index is 0.0219. The molecule has 1 aliphatic rings. The Hall–Kier alpha value is -2.93. The molecule has 1 amide bonds. The molecule has 6 nitrogen and oxygen atoms in total. The molecular weight excluding hydrogens is 396 g/mol. The average Bonchev–Trinajstić information content (AvgIpc) is 2.77. The second kappa shape index (κ2) is 8.07. The van der Waals surface area contributed by atoms with Gasteiger partial charge < -0.3 is 0 Å². The summed E-state index contributed by atoms with van der Waals surface area (Å²) in [6.07, 6.45) is 1.68. The molecule has 0 aliphatic carbocycles. The number of H-pyrrole nitrogens is 1. The van der Waals surface area contributed by atoms with Crippen molar-refractivity contribution in [3.05, 3.63) is 70.0 Å². The summed E-state index contributed by atoms with van der Waals surface area (Å²) in [5.74, 6) is 0.384. The first-order valence-electron chi connectivity index (χ1n) is 10.1. The Balaban J connectivity index is 2.02. The molecule has 0 fully saturated rings. The van der Waals surface area contributed by atoms with Gasteiger partial charge >= 0.3 is 11.3 Å². The highest BCUT2D eigenvalue weighted by Crippen LogP contribution is 2.37. The fraction of sp³-hybridized carbons (Fsp3) is 0.304. The van der Waals surface area contributed by atoms with Crippen LogP contribution in [0.5, 0.6) is 0 Å². The lowest BCUT2D eigenvalue weighted by atomic mass is 9.98. The molecule has 0 saturated carbocycles. The number of aromatic amines is 1. The van der Waals surface area contributed by atoms with Gasteiger partial charge in [-0.05, 0) is 46.7 Å². The Morgan fingerprint density at radius 2 is 1.90 bits per heavy atom. The van der Waals surface area contributed by atoms with Crippen molar-refractivity contribution in [1.82, 2.24) is 10.1 Å². The van der Waals surface area contributed by atoms with Crippen LogP contribution >= 0.6 is 11.8 Å². The second-order valence-electron chi connectivity index (χ2n) is 7.59. The van der Waals surface area contributed by atoms with Crippen molar-refractivity contribution in [1.29, 1.82) is 0 Å². The normalized spacial score (nSPS) is 15.1. The zero-order chi connectivity index (χ0) is 21.4. The Kier molecular flexibility index (Phi) is 5.47. The Morgan fingerprint density at radius 1 is 1.20 bits per heavy atom. The van der Waals surface area contributed by atoms with Crippen LogP contribution in [0.15, 0.2) is 58.5 Å². The van der Waals surface area contributed by atoms with E-state index in [1.165, 1.54) is 17.3 Å². The molecule has 0 saturated heterocycles. The van der Waals surface area contributed by atoms with Gasteiger partial charge in [-0.1, -0.05) is 56.8 Å². The van der Waals surface area contributed by atoms with Crippen LogP contribution in [0, 0.1) is 0 Å². The number of amides is 1. The van der Waals surface area contributed by atoms with Crippen molar-refractivity contribution in [2.45, 2.75) is 44.4 Å². The van der Waals surface area contributed by atoms with E-state index >= 15 is 0 Å². The first-order chi connectivity index (χ1) is 14.5. The minimum Gasteiger partial charge on any atom is -0.291 e. The van der Waals surface area contributed by atoms with Crippen LogP contribution in [0.3, 0.4) is 0 Å². The van der Waals surface area contributed by atoms with Gasteiger partial charge in [0.15, 0.2) is 0 Å². The monoisotopic (exact) mass is 421 g/mol. The summed E-state index contributed by atoms with van der Waals surface area (Å²) in [5.41, 5.74) is 3.81. The number of fused-ring (bicyclic) bond motifs is 3. The summed E-state index contributed by atoms with van der Waals surface area (Å²) >= 11 is 1.37. The van der Waals surface area contributed by atoms with Crippen molar-refractivity contribution < 1.29 is 9.48 Å². The topological polar surface area (TPSA) is 69.9 Å². The van der Waals surface area contributed by atoms with E-state index in [4.69, 9.17) is 5.10 Å². The maximum Gasteiger partial charge on any atom is 0.325 e. The minimum atomic E-state index is -0.531. The quantitative estimate of drug-likeness (QED) is 0.513. The first-order valence-corrected chi connectivity index (χ1v) is 11.3. The second-order valence-corrected chi connectivity index (χ2v) is 8.38. The standard InChI is InChI=1S/C23H24N4O2S/c1-5-19(28)26-18-9-7-6-8-17(18)20-21(29)24-23(30-4)25-27(20)22(26)16-12-10-15(11-13-16)14(2)3/h6-14,22H,5H2,1-4H3/p+1/t22-/m0/s1. The first kappa shape index (κ1) is 20.3. The number of nitrogens with one attached hydrogen (secondary N) is 1. The van der Waals surface area contributed by atoms with E-state index in [0.29, 0.717) is 28.8 Å². The molecule has 0 unspecified atom stereocenters. The van der Waals surface area contributed by atoms with Gasteiger partial charge in [0.25, 0.3) is 6.17 Å². The van der Waals surface area contributed by atoms with Gasteiger partial charge in [-0.25, -0.2) is 4.90 Å². The molecule has 7 heteroatoms. The van der Waals surface area contributed by atoms with Crippen LogP contribution in [0.25, 0.3) is 11.3 Å². The highest BCUT2D eigenvalue weighted by Gasteiger charge is 2.45. The smallest absolute Gasteiger partial charge is 0.291 e. The highest BCUT2D eigenvalue weighted by molar-refractivity contribution is 7.98. The van der Waals surface area contributed by atoms with Gasteiger partial charge in [0.2, 0.25) is 11.1 Å². The molecule has 0 spiro atoms. The molecule has 2 aromatic carbocycles. The van der Waals surface area contributed by atoms with E-state index in [-0.39, 0.29) is 11.5 Å². The van der Waals surface area contributed by atoms with E-state index in [1.54, 1.807) is 9.58 Å². The summed E-state index contributed by atoms with van der Waals surface area (Å²) in [6.45, 7) is 6.14. The third-order valence-corrected chi connectivity index (χ3v) is 5.99. The van der Waals surface area contributed by atoms with Crippen molar-refractivity contribution in [3.8, 4) is 11.3 Å². The zero-order valence-corrected chi connectivity index (χ0v) is 18.4. The predicted octanol–water partition coefficient (Wildman–Crippen LogP) is 3.87. The van der Waals surface area contributed by atoms with Crippen LogP contribution in [0.4, 0.5) is 5.69 Å². The van der Waals surface area contributed by atoms with Gasteiger partial charge in [-0.3, -0.25) is 14.6 Å². The fourth-order valence-corrected chi connectivity index (χ4v) is 4.22. The highest BCUT2D eigenvalue weighted by atomic mass is 32.2. The van der Waals surface area contributed by atoms with Crippen LogP contribution in [0.1, 0.15) is 50.4 Å². The number of carbonyl (C=O) groups is 1. The number of anilines is 1. The molecule has 1 aromatic heterocycles. The number of hydrogen-bond donors (Lipinski definition) is 1. The lowest BCUT2D eigenvalue weighted by molar-refractivity contribution is -0.763. The van der Waals surface area contributed by atoms with Gasteiger partial charge in [-0.2, -0.15) is 0 Å². The van der Waals surface area contributed by atoms with E-state index in [1.807, 2.05) is 49.6 Å². The van der Waals surface area contributed by atoms with Gasteiger partial charge in [-0.15, -0.1) is 0 Å². The Labute approximate surface area is 180 Å². The van der Waals surface area contributed by atoms with Crippen molar-refractivity contribution in [2.75, 3.05) is 11.2 Å². The van der Waals surface area contributed by atoms with Crippen molar-refractivity contribution >= 4 is 23.4 Å². The molecule has 1 atom stereocenters. The van der Waals surface area contributed by atoms with Gasteiger partial charge in [0.1, 0.15) is 0 Å². The maximum absolute atomic E-state index is 13.1. The third-order valence-electron chi connectivity index (χ3n) is 5.42. The molecule has 1 aliphatic heterocycles. The summed E-state index contributed by atoms with van der Waals surface area (Å²) in [6, 6.07) is 15.7. The maximum atomic E-state index is 13.1. The van der Waals surface area contributed by atoms with Crippen LogP contribution in [-0.2, 0) is 4.79 Å². The molecule has 2 heterocycles. The number of rotatable bonds is 4. The molecule has 4 rings (SSSR count). The average molecular weight is 422 g/mol. The predicted molar refractivity (Wildman–Crippen MR) is 119 cm³/mol. The molecule has 30 heavy (non-hydrogen) atoms. The molecule has 3 aromatic rings. The third kappa shape index (κ3) is 3.33. The Bertz CT molecular complexity index is 1150. The van der Waals surface area contributed by atoms with Crippen molar-refractivity contribution in [2.24, 2.45) is 0 Å². The van der Waals surface area contributed by atoms with E-state index in [2.05, 4.69) is 31.0 Å². The van der Waals surface area contributed by atoms with Crippen LogP contribution in [-0.4, -0.2) is 22.2 Å². The summed E-state index contributed by atoms with van der Waals surface area (Å²) in [5, 5.41) is 5.21. The SMILES string of the molecule is CCC(=O)N1c2ccccc2-c2c(=O)[nH]c(SC)n[n+]2[C@H]1c1ccc(C(C)C)cc1. The summed E-state index contributed by atoms with van der Waals surface area (Å²) < 4.78 is 1.70. The lowest BCUT2D eigenvalue weighted by Crippen LogP contribution is -2.60. The molecule has 0 radical (unpaired) electrons. The summed E-state index contributed by atoms with van der Waals surface area (Å²) in [4.78, 5) is 30.8. The van der Waals surface area contributed by atoms with Crippen molar-refractivity contribution in [3.63, 3.8) is 0 Å². The van der Waals surface area contributed by atoms with E-state index in [0.717, 1.165) is 11.3 Å². The summed E-state index contributed by atoms with van der Waals surface area (Å²) in [7, 11) is 0. The number of aromatic nitrogens is 3. The number of benzene rings is 2. The van der Waals surface area contributed by atoms with Crippen LogP contribution in [0.2, 0.25) is 0 Å². The number of thioether (sulfide) groups is 1. The van der Waals surface area contributed by atoms with E-state index in [9.17, 15) is 9.59 Å². The molecular formula is C23H25N4O2S+. The van der Waals surface area contributed by atoms with E-state index < -0.39 is 6.17 Å². The fourth-order valence-electron chi connectivity index (χ4n) is 3.86. The number of para-hydroxylation sites is 1. The van der Waals surface area contributed by atoms with Gasteiger partial charge in [0, 0.05) is 17.1 Å². The molecule has 154 valence electrons. The Morgan fingerprint density at radius 3 is 2.53 bits per heavy atom. The lowest BCUT2D eigenvalue weighted by Gasteiger charge is -2.32. The van der Waals surface area contributed by atoms with Gasteiger partial charge in [0.05, 0.1) is 11.3 Å². The number of hydrogen-bond acceptors (Lipinski definition) is 4. The van der Waals surface area contributed by atoms with Crippen LogP contribution < -0.4 is 15.1 Å². The molecule has 1 N–H and O–H groups in total. The molecule has 0 bridgehead atoms.